The Kier molecular flexibility index (Phi) is 5.40. The van der Waals surface area contributed by atoms with Crippen LogP contribution in [0.5, 0.6) is 0 Å². The monoisotopic (exact) mass is 307 g/mol. The van der Waals surface area contributed by atoms with E-state index in [9.17, 15) is 4.79 Å². The first-order chi connectivity index (χ1) is 10.1. The second-order valence-electron chi connectivity index (χ2n) is 5.51. The number of hydrogen-bond acceptors (Lipinski definition) is 4. The number of thiophene rings is 1. The third kappa shape index (κ3) is 4.31. The lowest BCUT2D eigenvalue weighted by atomic mass is 10.0. The van der Waals surface area contributed by atoms with Gasteiger partial charge in [0.1, 0.15) is 6.61 Å². The highest BCUT2D eigenvalue weighted by atomic mass is 32.1. The van der Waals surface area contributed by atoms with Crippen molar-refractivity contribution in [2.75, 3.05) is 26.9 Å². The van der Waals surface area contributed by atoms with E-state index >= 15 is 0 Å². The Bertz CT molecular complexity index is 564. The zero-order valence-electron chi connectivity index (χ0n) is 12.5. The number of aliphatic hydroxyl groups is 1. The molecule has 5 heteroatoms. The molecule has 2 rings (SSSR count). The topological polar surface area (TPSA) is 58.6 Å². The number of methoxy groups -OCH3 is 1. The fourth-order valence-corrected chi connectivity index (χ4v) is 3.17. The largest absolute Gasteiger partial charge is 0.385 e. The number of aryl methyl sites for hydroxylation is 1. The second-order valence-corrected chi connectivity index (χ2v) is 6.56. The van der Waals surface area contributed by atoms with Gasteiger partial charge in [0.05, 0.1) is 9.75 Å². The summed E-state index contributed by atoms with van der Waals surface area (Å²) in [6.07, 6.45) is 3.32. The van der Waals surface area contributed by atoms with Gasteiger partial charge in [-0.3, -0.25) is 4.79 Å². The molecular formula is C16H21NO3S. The maximum atomic E-state index is 12.2. The van der Waals surface area contributed by atoms with E-state index in [0.29, 0.717) is 11.4 Å². The van der Waals surface area contributed by atoms with E-state index in [4.69, 9.17) is 9.84 Å². The summed E-state index contributed by atoms with van der Waals surface area (Å²) in [4.78, 5) is 13.7. The molecule has 1 amide bonds. The summed E-state index contributed by atoms with van der Waals surface area (Å²) in [7, 11) is 1.71. The third-order valence-electron chi connectivity index (χ3n) is 3.84. The average molecular weight is 307 g/mol. The van der Waals surface area contributed by atoms with E-state index in [0.717, 1.165) is 36.3 Å². The first kappa shape index (κ1) is 16.0. The van der Waals surface area contributed by atoms with E-state index in [1.165, 1.54) is 11.3 Å². The van der Waals surface area contributed by atoms with Gasteiger partial charge in [-0.05, 0) is 43.2 Å². The molecule has 0 radical (unpaired) electrons. The standard InChI is InChI=1S/C16H21NO3S/c1-12-10-14(21-13(12)4-3-8-18)15(19)17-11-16(5-6-16)7-9-20-2/h10,18H,5-9,11H2,1-2H3,(H,17,19). The van der Waals surface area contributed by atoms with Crippen molar-refractivity contribution in [3.8, 4) is 11.8 Å². The molecule has 0 bridgehead atoms. The summed E-state index contributed by atoms with van der Waals surface area (Å²) in [5.41, 5.74) is 1.23. The Morgan fingerprint density at radius 3 is 2.95 bits per heavy atom. The van der Waals surface area contributed by atoms with Crippen LogP contribution in [0.3, 0.4) is 0 Å². The molecule has 114 valence electrons. The first-order valence-electron chi connectivity index (χ1n) is 7.07. The maximum absolute atomic E-state index is 12.2. The van der Waals surface area contributed by atoms with Crippen molar-refractivity contribution in [2.45, 2.75) is 26.2 Å². The number of carbonyl (C=O) groups is 1. The van der Waals surface area contributed by atoms with Gasteiger partial charge in [-0.2, -0.15) is 0 Å². The van der Waals surface area contributed by atoms with Crippen molar-refractivity contribution < 1.29 is 14.6 Å². The van der Waals surface area contributed by atoms with Gasteiger partial charge >= 0.3 is 0 Å². The number of ether oxygens (including phenoxy) is 1. The fraction of sp³-hybridized carbons (Fsp3) is 0.562. The molecule has 0 saturated heterocycles. The van der Waals surface area contributed by atoms with Gasteiger partial charge in [0.25, 0.3) is 5.91 Å². The third-order valence-corrected chi connectivity index (χ3v) is 4.99. The van der Waals surface area contributed by atoms with E-state index < -0.39 is 0 Å². The molecule has 21 heavy (non-hydrogen) atoms. The Morgan fingerprint density at radius 2 is 2.33 bits per heavy atom. The number of hydrogen-bond donors (Lipinski definition) is 2. The number of nitrogens with one attached hydrogen (secondary N) is 1. The van der Waals surface area contributed by atoms with Crippen LogP contribution in [0.1, 0.15) is 39.4 Å². The number of rotatable bonds is 6. The van der Waals surface area contributed by atoms with Crippen molar-refractivity contribution in [1.29, 1.82) is 0 Å². The molecule has 1 heterocycles. The van der Waals surface area contributed by atoms with Crippen molar-refractivity contribution in [1.82, 2.24) is 5.32 Å². The van der Waals surface area contributed by atoms with Crippen LogP contribution in [-0.2, 0) is 4.74 Å². The van der Waals surface area contributed by atoms with Gasteiger partial charge in [0, 0.05) is 20.3 Å². The lowest BCUT2D eigenvalue weighted by Crippen LogP contribution is -2.30. The molecule has 0 aromatic carbocycles. The predicted octanol–water partition coefficient (Wildman–Crippen LogP) is 1.95. The minimum Gasteiger partial charge on any atom is -0.385 e. The predicted molar refractivity (Wildman–Crippen MR) is 83.5 cm³/mol. The number of carbonyl (C=O) groups excluding carboxylic acids is 1. The van der Waals surface area contributed by atoms with Gasteiger partial charge in [-0.25, -0.2) is 0 Å². The SMILES string of the molecule is COCCC1(CNC(=O)c2cc(C)c(C#CCO)s2)CC1. The number of amides is 1. The van der Waals surface area contributed by atoms with Crippen LogP contribution >= 0.6 is 11.3 Å². The molecule has 1 aliphatic rings. The van der Waals surface area contributed by atoms with E-state index in [1.807, 2.05) is 13.0 Å². The van der Waals surface area contributed by atoms with Crippen molar-refractivity contribution >= 4 is 17.2 Å². The normalized spacial score (nSPS) is 15.2. The lowest BCUT2D eigenvalue weighted by Gasteiger charge is -2.14. The molecule has 0 spiro atoms. The smallest absolute Gasteiger partial charge is 0.261 e. The summed E-state index contributed by atoms with van der Waals surface area (Å²) in [6, 6.07) is 1.86. The Labute approximate surface area is 129 Å². The van der Waals surface area contributed by atoms with Crippen molar-refractivity contribution in [3.63, 3.8) is 0 Å². The molecule has 1 aromatic heterocycles. The van der Waals surface area contributed by atoms with E-state index in [2.05, 4.69) is 17.2 Å². The molecule has 0 atom stereocenters. The van der Waals surface area contributed by atoms with Gasteiger partial charge in [0.15, 0.2) is 0 Å². The molecule has 1 aliphatic carbocycles. The molecule has 0 aliphatic heterocycles. The Morgan fingerprint density at radius 1 is 1.57 bits per heavy atom. The zero-order valence-corrected chi connectivity index (χ0v) is 13.3. The minimum atomic E-state index is -0.166. The van der Waals surface area contributed by atoms with Crippen molar-refractivity contribution in [3.05, 3.63) is 21.4 Å². The molecule has 1 fully saturated rings. The van der Waals surface area contributed by atoms with Crippen LogP contribution < -0.4 is 5.32 Å². The van der Waals surface area contributed by atoms with E-state index in [1.54, 1.807) is 7.11 Å². The summed E-state index contributed by atoms with van der Waals surface area (Å²) in [5, 5.41) is 11.8. The van der Waals surface area contributed by atoms with Crippen molar-refractivity contribution in [2.24, 2.45) is 5.41 Å². The maximum Gasteiger partial charge on any atom is 0.261 e. The average Bonchev–Trinajstić information content (AvgIpc) is 3.16. The molecule has 1 saturated carbocycles. The summed E-state index contributed by atoms with van der Waals surface area (Å²) in [6.45, 7) is 3.22. The molecule has 4 nitrogen and oxygen atoms in total. The van der Waals surface area contributed by atoms with Crippen LogP contribution in [0.2, 0.25) is 0 Å². The molecular weight excluding hydrogens is 286 g/mol. The molecule has 0 unspecified atom stereocenters. The summed E-state index contributed by atoms with van der Waals surface area (Å²) < 4.78 is 5.12. The Balaban J connectivity index is 1.92. The van der Waals surface area contributed by atoms with Crippen LogP contribution in [0.4, 0.5) is 0 Å². The van der Waals surface area contributed by atoms with Crippen LogP contribution in [0.15, 0.2) is 6.07 Å². The second kappa shape index (κ2) is 7.08. The highest BCUT2D eigenvalue weighted by Crippen LogP contribution is 2.48. The van der Waals surface area contributed by atoms with Gasteiger partial charge in [-0.1, -0.05) is 11.8 Å². The van der Waals surface area contributed by atoms with Crippen LogP contribution in [0, 0.1) is 24.2 Å². The molecule has 2 N–H and O–H groups in total. The van der Waals surface area contributed by atoms with Crippen LogP contribution in [0.25, 0.3) is 0 Å². The highest BCUT2D eigenvalue weighted by Gasteiger charge is 2.42. The molecule has 1 aromatic rings. The first-order valence-corrected chi connectivity index (χ1v) is 7.89. The Hall–Kier alpha value is -1.35. The zero-order chi connectivity index (χ0) is 15.3. The van der Waals surface area contributed by atoms with E-state index in [-0.39, 0.29) is 17.9 Å². The fourth-order valence-electron chi connectivity index (χ4n) is 2.20. The lowest BCUT2D eigenvalue weighted by molar-refractivity contribution is 0.0942. The summed E-state index contributed by atoms with van der Waals surface area (Å²) >= 11 is 1.37. The number of aliphatic hydroxyl groups excluding tert-OH is 1. The van der Waals surface area contributed by atoms with Crippen LogP contribution in [-0.4, -0.2) is 37.9 Å². The summed E-state index contributed by atoms with van der Waals surface area (Å²) in [5.74, 6) is 5.45. The van der Waals surface area contributed by atoms with Gasteiger partial charge < -0.3 is 15.2 Å². The minimum absolute atomic E-state index is 0.0381. The van der Waals surface area contributed by atoms with Gasteiger partial charge in [-0.15, -0.1) is 11.3 Å². The highest BCUT2D eigenvalue weighted by molar-refractivity contribution is 7.14. The van der Waals surface area contributed by atoms with Gasteiger partial charge in [0.2, 0.25) is 0 Å². The quantitative estimate of drug-likeness (QED) is 0.790.